The van der Waals surface area contributed by atoms with Gasteiger partial charge in [-0.3, -0.25) is 4.98 Å². The maximum Gasteiger partial charge on any atom is 0.338 e. The Bertz CT molecular complexity index is 581. The van der Waals surface area contributed by atoms with Crippen LogP contribution in [0.25, 0.3) is 0 Å². The fraction of sp³-hybridized carbons (Fsp3) is 0.333. The number of benzene rings is 1. The highest BCUT2D eigenvalue weighted by Gasteiger charge is 2.08. The molecular weight excluding hydrogens is 278 g/mol. The Morgan fingerprint density at radius 3 is 2.45 bits per heavy atom. The molecule has 0 radical (unpaired) electrons. The molecule has 0 aliphatic rings. The molecule has 0 N–H and O–H groups in total. The van der Waals surface area contributed by atoms with Gasteiger partial charge in [-0.2, -0.15) is 0 Å². The summed E-state index contributed by atoms with van der Waals surface area (Å²) >= 11 is 0. The third-order valence-electron chi connectivity index (χ3n) is 3.62. The number of pyridine rings is 1. The van der Waals surface area contributed by atoms with Crippen LogP contribution in [0.3, 0.4) is 0 Å². The van der Waals surface area contributed by atoms with E-state index in [1.54, 1.807) is 43.8 Å². The molecular formula is C18H21NO3. The van der Waals surface area contributed by atoms with Crippen molar-refractivity contribution < 1.29 is 14.3 Å². The second kappa shape index (κ2) is 8.17. The number of carbonyl (C=O) groups is 1. The molecule has 4 heteroatoms. The first kappa shape index (κ1) is 16.0. The standard InChI is InChI=1S/C18H21NO3/c1-14(15-9-11-19-12-10-15)4-3-13-22-18(20)16-5-7-17(21-2)8-6-16/h5-12,14H,3-4,13H2,1-2H3. The van der Waals surface area contributed by atoms with Gasteiger partial charge < -0.3 is 9.47 Å². The van der Waals surface area contributed by atoms with Crippen LogP contribution in [0.1, 0.15) is 41.6 Å². The average molecular weight is 299 g/mol. The van der Waals surface area contributed by atoms with Gasteiger partial charge in [-0.25, -0.2) is 4.79 Å². The maximum absolute atomic E-state index is 11.9. The van der Waals surface area contributed by atoms with Gasteiger partial charge in [0, 0.05) is 12.4 Å². The largest absolute Gasteiger partial charge is 0.497 e. The number of methoxy groups -OCH3 is 1. The van der Waals surface area contributed by atoms with Crippen molar-refractivity contribution in [3.63, 3.8) is 0 Å². The van der Waals surface area contributed by atoms with Gasteiger partial charge in [0.05, 0.1) is 19.3 Å². The second-order valence-corrected chi connectivity index (χ2v) is 5.19. The minimum absolute atomic E-state index is 0.292. The molecule has 1 unspecified atom stereocenters. The summed E-state index contributed by atoms with van der Waals surface area (Å²) in [4.78, 5) is 15.9. The number of nitrogens with zero attached hydrogens (tertiary/aromatic N) is 1. The van der Waals surface area contributed by atoms with Gasteiger partial charge >= 0.3 is 5.97 Å². The third-order valence-corrected chi connectivity index (χ3v) is 3.62. The minimum atomic E-state index is -0.292. The Kier molecular flexibility index (Phi) is 5.95. The number of hydrogen-bond acceptors (Lipinski definition) is 4. The van der Waals surface area contributed by atoms with E-state index in [0.717, 1.165) is 18.6 Å². The highest BCUT2D eigenvalue weighted by atomic mass is 16.5. The zero-order valence-electron chi connectivity index (χ0n) is 13.0. The molecule has 2 rings (SSSR count). The van der Waals surface area contributed by atoms with Crippen molar-refractivity contribution in [3.05, 3.63) is 59.9 Å². The summed E-state index contributed by atoms with van der Waals surface area (Å²) in [5, 5.41) is 0. The number of ether oxygens (including phenoxy) is 2. The summed E-state index contributed by atoms with van der Waals surface area (Å²) in [6.45, 7) is 2.60. The van der Waals surface area contributed by atoms with Crippen molar-refractivity contribution in [2.24, 2.45) is 0 Å². The smallest absolute Gasteiger partial charge is 0.338 e. The van der Waals surface area contributed by atoms with Crippen molar-refractivity contribution in [2.75, 3.05) is 13.7 Å². The molecule has 22 heavy (non-hydrogen) atoms. The van der Waals surface area contributed by atoms with E-state index >= 15 is 0 Å². The van der Waals surface area contributed by atoms with Crippen LogP contribution in [0.2, 0.25) is 0 Å². The monoisotopic (exact) mass is 299 g/mol. The van der Waals surface area contributed by atoms with Crippen LogP contribution in [0.15, 0.2) is 48.8 Å². The first-order valence-corrected chi connectivity index (χ1v) is 7.42. The molecule has 4 nitrogen and oxygen atoms in total. The van der Waals surface area contributed by atoms with Crippen LogP contribution in [-0.4, -0.2) is 24.7 Å². The van der Waals surface area contributed by atoms with Crippen LogP contribution < -0.4 is 4.74 Å². The molecule has 1 heterocycles. The lowest BCUT2D eigenvalue weighted by molar-refractivity contribution is 0.0496. The van der Waals surface area contributed by atoms with Gasteiger partial charge in [0.15, 0.2) is 0 Å². The molecule has 1 aromatic carbocycles. The predicted octanol–water partition coefficient (Wildman–Crippen LogP) is 3.83. The van der Waals surface area contributed by atoms with E-state index in [1.165, 1.54) is 5.56 Å². The predicted molar refractivity (Wildman–Crippen MR) is 85.2 cm³/mol. The summed E-state index contributed by atoms with van der Waals surface area (Å²) < 4.78 is 10.4. The Morgan fingerprint density at radius 2 is 1.82 bits per heavy atom. The van der Waals surface area contributed by atoms with Gasteiger partial charge in [0.1, 0.15) is 5.75 Å². The summed E-state index contributed by atoms with van der Waals surface area (Å²) in [6.07, 6.45) is 5.41. The molecule has 1 atom stereocenters. The Hall–Kier alpha value is -2.36. The summed E-state index contributed by atoms with van der Waals surface area (Å²) in [7, 11) is 1.59. The number of carbonyl (C=O) groups excluding carboxylic acids is 1. The zero-order valence-corrected chi connectivity index (χ0v) is 13.0. The second-order valence-electron chi connectivity index (χ2n) is 5.19. The Balaban J connectivity index is 1.72. The van der Waals surface area contributed by atoms with Crippen LogP contribution in [0, 0.1) is 0 Å². The van der Waals surface area contributed by atoms with Gasteiger partial charge in [0.2, 0.25) is 0 Å². The van der Waals surface area contributed by atoms with Crippen molar-refractivity contribution in [1.82, 2.24) is 4.98 Å². The first-order chi connectivity index (χ1) is 10.7. The Labute approximate surface area is 131 Å². The number of esters is 1. The van der Waals surface area contributed by atoms with E-state index in [9.17, 15) is 4.79 Å². The molecule has 0 bridgehead atoms. The highest BCUT2D eigenvalue weighted by Crippen LogP contribution is 2.19. The van der Waals surface area contributed by atoms with Gasteiger partial charge in [-0.1, -0.05) is 6.92 Å². The SMILES string of the molecule is COc1ccc(C(=O)OCCCC(C)c2ccncc2)cc1. The van der Waals surface area contributed by atoms with E-state index in [0.29, 0.717) is 18.1 Å². The topological polar surface area (TPSA) is 48.4 Å². The maximum atomic E-state index is 11.9. The van der Waals surface area contributed by atoms with Crippen molar-refractivity contribution in [3.8, 4) is 5.75 Å². The van der Waals surface area contributed by atoms with Gasteiger partial charge in [0.25, 0.3) is 0 Å². The van der Waals surface area contributed by atoms with E-state index in [-0.39, 0.29) is 5.97 Å². The highest BCUT2D eigenvalue weighted by molar-refractivity contribution is 5.89. The third kappa shape index (κ3) is 4.58. The lowest BCUT2D eigenvalue weighted by Gasteiger charge is -2.11. The fourth-order valence-electron chi connectivity index (χ4n) is 2.22. The average Bonchev–Trinajstić information content (AvgIpc) is 2.59. The van der Waals surface area contributed by atoms with E-state index < -0.39 is 0 Å². The molecule has 2 aromatic rings. The molecule has 0 aliphatic carbocycles. The van der Waals surface area contributed by atoms with Gasteiger partial charge in [-0.15, -0.1) is 0 Å². The van der Waals surface area contributed by atoms with E-state index in [4.69, 9.17) is 9.47 Å². The van der Waals surface area contributed by atoms with Crippen molar-refractivity contribution in [2.45, 2.75) is 25.7 Å². The lowest BCUT2D eigenvalue weighted by atomic mass is 9.98. The van der Waals surface area contributed by atoms with Crippen LogP contribution in [0.4, 0.5) is 0 Å². The zero-order chi connectivity index (χ0) is 15.8. The molecule has 0 saturated carbocycles. The van der Waals surface area contributed by atoms with Crippen molar-refractivity contribution in [1.29, 1.82) is 0 Å². The molecule has 0 spiro atoms. The summed E-state index contributed by atoms with van der Waals surface area (Å²) in [6, 6.07) is 11.0. The normalized spacial score (nSPS) is 11.7. The molecule has 0 amide bonds. The van der Waals surface area contributed by atoms with E-state index in [2.05, 4.69) is 11.9 Å². The summed E-state index contributed by atoms with van der Waals surface area (Å²) in [5.74, 6) is 0.865. The minimum Gasteiger partial charge on any atom is -0.497 e. The fourth-order valence-corrected chi connectivity index (χ4v) is 2.22. The van der Waals surface area contributed by atoms with Gasteiger partial charge in [-0.05, 0) is 60.7 Å². The molecule has 1 aromatic heterocycles. The lowest BCUT2D eigenvalue weighted by Crippen LogP contribution is -2.07. The quantitative estimate of drug-likeness (QED) is 0.576. The summed E-state index contributed by atoms with van der Waals surface area (Å²) in [5.41, 5.74) is 1.81. The van der Waals surface area contributed by atoms with E-state index in [1.807, 2.05) is 12.1 Å². The number of aromatic nitrogens is 1. The van der Waals surface area contributed by atoms with Crippen molar-refractivity contribution >= 4 is 5.97 Å². The van der Waals surface area contributed by atoms with Crippen LogP contribution in [0.5, 0.6) is 5.75 Å². The van der Waals surface area contributed by atoms with Crippen LogP contribution in [-0.2, 0) is 4.74 Å². The molecule has 116 valence electrons. The first-order valence-electron chi connectivity index (χ1n) is 7.42. The Morgan fingerprint density at radius 1 is 1.14 bits per heavy atom. The molecule has 0 fully saturated rings. The molecule has 0 aliphatic heterocycles. The molecule has 0 saturated heterocycles. The number of hydrogen-bond donors (Lipinski definition) is 0. The number of rotatable bonds is 7. The van der Waals surface area contributed by atoms with Crippen LogP contribution >= 0.6 is 0 Å².